The van der Waals surface area contributed by atoms with Gasteiger partial charge in [-0.2, -0.15) is 4.98 Å². The van der Waals surface area contributed by atoms with Gasteiger partial charge in [0.1, 0.15) is 11.9 Å². The minimum atomic E-state index is -0.605. The van der Waals surface area contributed by atoms with Gasteiger partial charge in [0.15, 0.2) is 0 Å². The SMILES string of the molecule is CCOc1ccc(N)cc1Cn1cc([N+](=O)[O-])cnc1=O. The van der Waals surface area contributed by atoms with Crippen LogP contribution in [0.2, 0.25) is 0 Å². The summed E-state index contributed by atoms with van der Waals surface area (Å²) in [4.78, 5) is 25.3. The van der Waals surface area contributed by atoms with Crippen molar-refractivity contribution in [1.29, 1.82) is 0 Å². The van der Waals surface area contributed by atoms with E-state index in [1.54, 1.807) is 18.2 Å². The number of nitrogens with two attached hydrogens (primary N) is 1. The maximum absolute atomic E-state index is 11.7. The Bertz CT molecular complexity index is 726. The Balaban J connectivity index is 2.42. The number of anilines is 1. The Morgan fingerprint density at radius 2 is 2.24 bits per heavy atom. The van der Waals surface area contributed by atoms with Crippen LogP contribution in [0.25, 0.3) is 0 Å². The summed E-state index contributed by atoms with van der Waals surface area (Å²) in [5.41, 5.74) is 6.06. The molecule has 0 aliphatic heterocycles. The second kappa shape index (κ2) is 6.04. The molecule has 0 radical (unpaired) electrons. The van der Waals surface area contributed by atoms with Crippen LogP contribution in [0.3, 0.4) is 0 Å². The van der Waals surface area contributed by atoms with Gasteiger partial charge in [-0.1, -0.05) is 0 Å². The second-order valence-corrected chi connectivity index (χ2v) is 4.28. The molecule has 1 aromatic heterocycles. The molecule has 0 spiro atoms. The first-order valence-electron chi connectivity index (χ1n) is 6.23. The van der Waals surface area contributed by atoms with Crippen molar-refractivity contribution in [2.24, 2.45) is 0 Å². The Morgan fingerprint density at radius 1 is 1.48 bits per heavy atom. The molecule has 0 aliphatic rings. The van der Waals surface area contributed by atoms with E-state index >= 15 is 0 Å². The van der Waals surface area contributed by atoms with Gasteiger partial charge in [0.25, 0.3) is 0 Å². The summed E-state index contributed by atoms with van der Waals surface area (Å²) in [5.74, 6) is 0.574. The summed E-state index contributed by atoms with van der Waals surface area (Å²) >= 11 is 0. The van der Waals surface area contributed by atoms with E-state index in [9.17, 15) is 14.9 Å². The van der Waals surface area contributed by atoms with Crippen molar-refractivity contribution >= 4 is 11.4 Å². The molecule has 8 nitrogen and oxygen atoms in total. The summed E-state index contributed by atoms with van der Waals surface area (Å²) < 4.78 is 6.60. The van der Waals surface area contributed by atoms with Gasteiger partial charge in [0, 0.05) is 11.3 Å². The number of aromatic nitrogens is 2. The van der Waals surface area contributed by atoms with Crippen LogP contribution in [0, 0.1) is 10.1 Å². The van der Waals surface area contributed by atoms with E-state index in [1.165, 1.54) is 0 Å². The highest BCUT2D eigenvalue weighted by Gasteiger charge is 2.11. The lowest BCUT2D eigenvalue weighted by Gasteiger charge is -2.12. The number of nitro groups is 1. The Kier molecular flexibility index (Phi) is 4.17. The van der Waals surface area contributed by atoms with Crippen molar-refractivity contribution in [1.82, 2.24) is 9.55 Å². The predicted octanol–water partition coefficient (Wildman–Crippen LogP) is 1.18. The molecule has 0 saturated carbocycles. The second-order valence-electron chi connectivity index (χ2n) is 4.28. The lowest BCUT2D eigenvalue weighted by Crippen LogP contribution is -2.23. The zero-order valence-electron chi connectivity index (χ0n) is 11.4. The lowest BCUT2D eigenvalue weighted by molar-refractivity contribution is -0.385. The molecule has 2 aromatic rings. The fourth-order valence-electron chi connectivity index (χ4n) is 1.85. The highest BCUT2D eigenvalue weighted by atomic mass is 16.6. The summed E-state index contributed by atoms with van der Waals surface area (Å²) in [7, 11) is 0. The van der Waals surface area contributed by atoms with E-state index in [0.29, 0.717) is 23.6 Å². The van der Waals surface area contributed by atoms with Crippen LogP contribution in [-0.2, 0) is 6.54 Å². The van der Waals surface area contributed by atoms with Crippen molar-refractivity contribution in [2.45, 2.75) is 13.5 Å². The highest BCUT2D eigenvalue weighted by molar-refractivity contribution is 5.48. The maximum atomic E-state index is 11.7. The molecule has 2 rings (SSSR count). The molecule has 0 bridgehead atoms. The van der Waals surface area contributed by atoms with E-state index < -0.39 is 10.6 Å². The smallest absolute Gasteiger partial charge is 0.348 e. The van der Waals surface area contributed by atoms with Gasteiger partial charge in [0.2, 0.25) is 0 Å². The molecule has 0 amide bonds. The molecular formula is C13H14N4O4. The molecule has 2 N–H and O–H groups in total. The van der Waals surface area contributed by atoms with Gasteiger partial charge in [-0.15, -0.1) is 0 Å². The van der Waals surface area contributed by atoms with Gasteiger partial charge < -0.3 is 10.5 Å². The topological polar surface area (TPSA) is 113 Å². The zero-order chi connectivity index (χ0) is 15.4. The number of benzene rings is 1. The van der Waals surface area contributed by atoms with Crippen LogP contribution in [0.4, 0.5) is 11.4 Å². The molecular weight excluding hydrogens is 276 g/mol. The number of ether oxygens (including phenoxy) is 1. The van der Waals surface area contributed by atoms with E-state index in [2.05, 4.69) is 4.98 Å². The number of nitrogens with zero attached hydrogens (tertiary/aromatic N) is 3. The molecule has 0 saturated heterocycles. The molecule has 1 heterocycles. The monoisotopic (exact) mass is 290 g/mol. The number of hydrogen-bond donors (Lipinski definition) is 1. The first-order chi connectivity index (χ1) is 10.0. The number of nitrogen functional groups attached to an aromatic ring is 1. The standard InChI is InChI=1S/C13H14N4O4/c1-2-21-12-4-3-10(14)5-9(12)7-16-8-11(17(19)20)6-15-13(16)18/h3-6,8H,2,7,14H2,1H3. The highest BCUT2D eigenvalue weighted by Crippen LogP contribution is 2.22. The third-order valence-electron chi connectivity index (χ3n) is 2.78. The average Bonchev–Trinajstić information content (AvgIpc) is 2.44. The van der Waals surface area contributed by atoms with Crippen LogP contribution in [0.1, 0.15) is 12.5 Å². The number of rotatable bonds is 5. The van der Waals surface area contributed by atoms with E-state index in [-0.39, 0.29) is 12.2 Å². The quantitative estimate of drug-likeness (QED) is 0.502. The third-order valence-corrected chi connectivity index (χ3v) is 2.78. The van der Waals surface area contributed by atoms with Gasteiger partial charge in [-0.3, -0.25) is 14.7 Å². The third kappa shape index (κ3) is 3.35. The van der Waals surface area contributed by atoms with Gasteiger partial charge in [-0.25, -0.2) is 4.79 Å². The van der Waals surface area contributed by atoms with Crippen molar-refractivity contribution in [3.05, 3.63) is 56.8 Å². The van der Waals surface area contributed by atoms with E-state index in [1.807, 2.05) is 6.92 Å². The Morgan fingerprint density at radius 3 is 2.90 bits per heavy atom. The van der Waals surface area contributed by atoms with E-state index in [4.69, 9.17) is 10.5 Å². The molecule has 0 aliphatic carbocycles. The normalized spacial score (nSPS) is 10.3. The molecule has 21 heavy (non-hydrogen) atoms. The van der Waals surface area contributed by atoms with Crippen molar-refractivity contribution in [2.75, 3.05) is 12.3 Å². The van der Waals surface area contributed by atoms with Crippen LogP contribution < -0.4 is 16.2 Å². The maximum Gasteiger partial charge on any atom is 0.348 e. The average molecular weight is 290 g/mol. The first-order valence-corrected chi connectivity index (χ1v) is 6.23. The van der Waals surface area contributed by atoms with Crippen LogP contribution in [0.15, 0.2) is 35.4 Å². The molecule has 1 aromatic carbocycles. The van der Waals surface area contributed by atoms with Crippen LogP contribution in [-0.4, -0.2) is 21.1 Å². The van der Waals surface area contributed by atoms with E-state index in [0.717, 1.165) is 17.0 Å². The summed E-state index contributed by atoms with van der Waals surface area (Å²) in [6.07, 6.45) is 2.08. The van der Waals surface area contributed by atoms with Crippen molar-refractivity contribution in [3.63, 3.8) is 0 Å². The summed E-state index contributed by atoms with van der Waals surface area (Å²) in [6, 6.07) is 5.04. The van der Waals surface area contributed by atoms with Crippen molar-refractivity contribution in [3.8, 4) is 5.75 Å². The van der Waals surface area contributed by atoms with Gasteiger partial charge in [-0.05, 0) is 25.1 Å². The Labute approximate surface area is 120 Å². The fourth-order valence-corrected chi connectivity index (χ4v) is 1.85. The summed E-state index contributed by atoms with van der Waals surface area (Å²) in [5, 5.41) is 10.7. The number of hydrogen-bond acceptors (Lipinski definition) is 6. The Hall–Kier alpha value is -2.90. The molecule has 0 atom stereocenters. The van der Waals surface area contributed by atoms with Crippen molar-refractivity contribution < 1.29 is 9.66 Å². The molecule has 0 fully saturated rings. The minimum Gasteiger partial charge on any atom is -0.494 e. The largest absolute Gasteiger partial charge is 0.494 e. The van der Waals surface area contributed by atoms with Gasteiger partial charge >= 0.3 is 11.4 Å². The molecule has 110 valence electrons. The molecule has 0 unspecified atom stereocenters. The zero-order valence-corrected chi connectivity index (χ0v) is 11.4. The molecule has 8 heteroatoms. The van der Waals surface area contributed by atoms with Crippen LogP contribution >= 0.6 is 0 Å². The van der Waals surface area contributed by atoms with Gasteiger partial charge in [0.05, 0.1) is 24.3 Å². The lowest BCUT2D eigenvalue weighted by atomic mass is 10.1. The fraction of sp³-hybridized carbons (Fsp3) is 0.231. The van der Waals surface area contributed by atoms with Crippen LogP contribution in [0.5, 0.6) is 5.75 Å². The predicted molar refractivity (Wildman–Crippen MR) is 76.3 cm³/mol. The first kappa shape index (κ1) is 14.5. The summed E-state index contributed by atoms with van der Waals surface area (Å²) in [6.45, 7) is 2.38. The minimum absolute atomic E-state index is 0.0912.